The first-order valence-corrected chi connectivity index (χ1v) is 8.11. The standard InChI is InChI=1S/C12H16BrNO5S/c1-3-19-7-6-14(2)20(17,18)11-8-9(12(15)16)4-5-10(11)13/h4-5,8H,3,6-7H2,1-2H3,(H,15,16). The van der Waals surface area contributed by atoms with Crippen LogP contribution in [0.15, 0.2) is 27.6 Å². The fourth-order valence-electron chi connectivity index (χ4n) is 1.46. The average molecular weight is 366 g/mol. The van der Waals surface area contributed by atoms with Gasteiger partial charge in [0.05, 0.1) is 17.1 Å². The van der Waals surface area contributed by atoms with Crippen molar-refractivity contribution in [2.75, 3.05) is 26.8 Å². The SMILES string of the molecule is CCOCCN(C)S(=O)(=O)c1cc(C(=O)O)ccc1Br. The Kier molecular flexibility index (Phi) is 6.12. The van der Waals surface area contributed by atoms with Crippen LogP contribution < -0.4 is 0 Å². The van der Waals surface area contributed by atoms with E-state index in [-0.39, 0.29) is 23.6 Å². The Balaban J connectivity index is 3.08. The number of carbonyl (C=O) groups is 1. The number of ether oxygens (including phenoxy) is 1. The van der Waals surface area contributed by atoms with E-state index in [2.05, 4.69) is 15.9 Å². The highest BCUT2D eigenvalue weighted by molar-refractivity contribution is 9.10. The molecule has 1 rings (SSSR count). The van der Waals surface area contributed by atoms with E-state index >= 15 is 0 Å². The van der Waals surface area contributed by atoms with Crippen LogP contribution in [0.1, 0.15) is 17.3 Å². The van der Waals surface area contributed by atoms with E-state index in [4.69, 9.17) is 9.84 Å². The number of sulfonamides is 1. The van der Waals surface area contributed by atoms with Crippen LogP contribution in [0.4, 0.5) is 0 Å². The number of rotatable bonds is 7. The summed E-state index contributed by atoms with van der Waals surface area (Å²) in [5.74, 6) is -1.18. The van der Waals surface area contributed by atoms with Crippen LogP contribution in [-0.2, 0) is 14.8 Å². The smallest absolute Gasteiger partial charge is 0.335 e. The van der Waals surface area contributed by atoms with Gasteiger partial charge in [-0.05, 0) is 41.1 Å². The molecule has 0 amide bonds. The first-order valence-electron chi connectivity index (χ1n) is 5.87. The number of hydrogen-bond donors (Lipinski definition) is 1. The fraction of sp³-hybridized carbons (Fsp3) is 0.417. The summed E-state index contributed by atoms with van der Waals surface area (Å²) in [6, 6.07) is 3.89. The van der Waals surface area contributed by atoms with Gasteiger partial charge >= 0.3 is 5.97 Å². The van der Waals surface area contributed by atoms with Crippen molar-refractivity contribution in [3.8, 4) is 0 Å². The average Bonchev–Trinajstić information content (AvgIpc) is 2.38. The van der Waals surface area contributed by atoms with Crippen molar-refractivity contribution in [1.82, 2.24) is 4.31 Å². The second-order valence-corrected chi connectivity index (χ2v) is 6.84. The van der Waals surface area contributed by atoms with Gasteiger partial charge in [-0.1, -0.05) is 0 Å². The molecule has 6 nitrogen and oxygen atoms in total. The van der Waals surface area contributed by atoms with Gasteiger partial charge in [-0.2, -0.15) is 4.31 Å². The zero-order valence-corrected chi connectivity index (χ0v) is 13.6. The molecular formula is C12H16BrNO5S. The Bertz CT molecular complexity index is 588. The van der Waals surface area contributed by atoms with Crippen LogP contribution in [0, 0.1) is 0 Å². The molecule has 0 radical (unpaired) electrons. The molecule has 0 atom stereocenters. The van der Waals surface area contributed by atoms with Crippen LogP contribution in [0.25, 0.3) is 0 Å². The second-order valence-electron chi connectivity index (χ2n) is 3.97. The summed E-state index contributed by atoms with van der Waals surface area (Å²) in [6.45, 7) is 2.80. The Morgan fingerprint density at radius 1 is 1.45 bits per heavy atom. The quantitative estimate of drug-likeness (QED) is 0.744. The first-order chi connectivity index (χ1) is 9.30. The normalized spacial score (nSPS) is 11.8. The highest BCUT2D eigenvalue weighted by atomic mass is 79.9. The molecule has 20 heavy (non-hydrogen) atoms. The maximum Gasteiger partial charge on any atom is 0.335 e. The highest BCUT2D eigenvalue weighted by Crippen LogP contribution is 2.25. The summed E-state index contributed by atoms with van der Waals surface area (Å²) in [4.78, 5) is 10.9. The third kappa shape index (κ3) is 4.02. The lowest BCUT2D eigenvalue weighted by Crippen LogP contribution is -2.30. The lowest BCUT2D eigenvalue weighted by atomic mass is 10.2. The van der Waals surface area contributed by atoms with Crippen LogP contribution in [0.5, 0.6) is 0 Å². The van der Waals surface area contributed by atoms with Gasteiger partial charge in [-0.25, -0.2) is 13.2 Å². The fourth-order valence-corrected chi connectivity index (χ4v) is 3.56. The van der Waals surface area contributed by atoms with Gasteiger partial charge in [0.2, 0.25) is 10.0 Å². The molecule has 1 aromatic carbocycles. The van der Waals surface area contributed by atoms with Crippen LogP contribution >= 0.6 is 15.9 Å². The van der Waals surface area contributed by atoms with E-state index in [1.54, 1.807) is 0 Å². The topological polar surface area (TPSA) is 83.9 Å². The largest absolute Gasteiger partial charge is 0.478 e. The van der Waals surface area contributed by atoms with E-state index in [1.807, 2.05) is 6.92 Å². The molecular weight excluding hydrogens is 350 g/mol. The van der Waals surface area contributed by atoms with Gasteiger partial charge in [-0.15, -0.1) is 0 Å². The van der Waals surface area contributed by atoms with E-state index in [0.29, 0.717) is 11.1 Å². The molecule has 0 aromatic heterocycles. The minimum Gasteiger partial charge on any atom is -0.478 e. The zero-order valence-electron chi connectivity index (χ0n) is 11.2. The molecule has 112 valence electrons. The molecule has 0 fully saturated rings. The molecule has 0 aliphatic heterocycles. The molecule has 8 heteroatoms. The van der Waals surface area contributed by atoms with Gasteiger partial charge in [0, 0.05) is 24.7 Å². The third-order valence-electron chi connectivity index (χ3n) is 2.62. The van der Waals surface area contributed by atoms with Gasteiger partial charge in [0.1, 0.15) is 0 Å². The monoisotopic (exact) mass is 365 g/mol. The van der Waals surface area contributed by atoms with Crippen molar-refractivity contribution in [3.63, 3.8) is 0 Å². The lowest BCUT2D eigenvalue weighted by molar-refractivity contribution is 0.0696. The molecule has 0 saturated heterocycles. The molecule has 1 N–H and O–H groups in total. The van der Waals surface area contributed by atoms with Gasteiger partial charge < -0.3 is 9.84 Å². The molecule has 0 aliphatic rings. The van der Waals surface area contributed by atoms with Gasteiger partial charge in [0.25, 0.3) is 0 Å². The Hall–Kier alpha value is -0.960. The van der Waals surface area contributed by atoms with Crippen LogP contribution in [0.3, 0.4) is 0 Å². The number of carboxylic acid groups (broad SMARTS) is 1. The summed E-state index contributed by atoms with van der Waals surface area (Å²) in [6.07, 6.45) is 0. The summed E-state index contributed by atoms with van der Waals surface area (Å²) in [5.41, 5.74) is -0.0787. The number of hydrogen-bond acceptors (Lipinski definition) is 4. The number of halogens is 1. The second kappa shape index (κ2) is 7.16. The number of likely N-dealkylation sites (N-methyl/N-ethyl adjacent to an activating group) is 1. The van der Waals surface area contributed by atoms with Crippen LogP contribution in [-0.4, -0.2) is 50.6 Å². The van der Waals surface area contributed by atoms with Crippen molar-refractivity contribution in [1.29, 1.82) is 0 Å². The molecule has 0 spiro atoms. The predicted octanol–water partition coefficient (Wildman–Crippen LogP) is 1.80. The van der Waals surface area contributed by atoms with Gasteiger partial charge in [-0.3, -0.25) is 0 Å². The number of benzene rings is 1. The summed E-state index contributed by atoms with van der Waals surface area (Å²) in [5, 5.41) is 8.93. The van der Waals surface area contributed by atoms with Crippen molar-refractivity contribution in [2.45, 2.75) is 11.8 Å². The molecule has 0 unspecified atom stereocenters. The van der Waals surface area contributed by atoms with Crippen molar-refractivity contribution in [3.05, 3.63) is 28.2 Å². The van der Waals surface area contributed by atoms with E-state index in [9.17, 15) is 13.2 Å². The zero-order chi connectivity index (χ0) is 15.3. The summed E-state index contributed by atoms with van der Waals surface area (Å²) in [7, 11) is -2.34. The number of carboxylic acids is 1. The van der Waals surface area contributed by atoms with Crippen molar-refractivity contribution in [2.24, 2.45) is 0 Å². The molecule has 1 aromatic rings. The van der Waals surface area contributed by atoms with Crippen LogP contribution in [0.2, 0.25) is 0 Å². The summed E-state index contributed by atoms with van der Waals surface area (Å²) >= 11 is 3.14. The molecule has 0 heterocycles. The Morgan fingerprint density at radius 2 is 2.10 bits per heavy atom. The highest BCUT2D eigenvalue weighted by Gasteiger charge is 2.24. The van der Waals surface area contributed by atoms with Crippen molar-refractivity contribution < 1.29 is 23.1 Å². The number of aromatic carboxylic acids is 1. The Labute approximate surface area is 126 Å². The number of nitrogens with zero attached hydrogens (tertiary/aromatic N) is 1. The van der Waals surface area contributed by atoms with Gasteiger partial charge in [0.15, 0.2) is 0 Å². The van der Waals surface area contributed by atoms with E-state index in [1.165, 1.54) is 19.2 Å². The minimum absolute atomic E-state index is 0.0728. The molecule has 0 bridgehead atoms. The maximum atomic E-state index is 12.4. The van der Waals surface area contributed by atoms with Crippen molar-refractivity contribution >= 4 is 31.9 Å². The van der Waals surface area contributed by atoms with E-state index < -0.39 is 16.0 Å². The summed E-state index contributed by atoms with van der Waals surface area (Å²) < 4.78 is 31.3. The maximum absolute atomic E-state index is 12.4. The lowest BCUT2D eigenvalue weighted by Gasteiger charge is -2.18. The molecule has 0 aliphatic carbocycles. The van der Waals surface area contributed by atoms with E-state index in [0.717, 1.165) is 10.4 Å². The minimum atomic E-state index is -3.76. The first kappa shape index (κ1) is 17.1. The Morgan fingerprint density at radius 3 is 2.65 bits per heavy atom. The predicted molar refractivity (Wildman–Crippen MR) is 77.4 cm³/mol. The third-order valence-corrected chi connectivity index (χ3v) is 5.47. The molecule has 0 saturated carbocycles.